The molecule has 0 aromatic heterocycles. The molecule has 0 radical (unpaired) electrons. The van der Waals surface area contributed by atoms with Gasteiger partial charge in [0, 0.05) is 45.0 Å². The molecule has 2 amide bonds. The maximum absolute atomic E-state index is 13.2. The van der Waals surface area contributed by atoms with Crippen LogP contribution in [-0.2, 0) is 15.7 Å². The van der Waals surface area contributed by atoms with Gasteiger partial charge in [-0.15, -0.1) is 0 Å². The number of para-hydroxylation sites is 1. The fourth-order valence-electron chi connectivity index (χ4n) is 4.09. The Kier molecular flexibility index (Phi) is 7.38. The Hall–Kier alpha value is -3.11. The van der Waals surface area contributed by atoms with Crippen molar-refractivity contribution in [1.82, 2.24) is 14.7 Å². The molecule has 10 heteroatoms. The van der Waals surface area contributed by atoms with Crippen LogP contribution in [0.5, 0.6) is 0 Å². The van der Waals surface area contributed by atoms with Gasteiger partial charge in [0.15, 0.2) is 0 Å². The molecule has 0 aliphatic carbocycles. The summed E-state index contributed by atoms with van der Waals surface area (Å²) in [7, 11) is 0. The van der Waals surface area contributed by atoms with Gasteiger partial charge >= 0.3 is 6.18 Å². The van der Waals surface area contributed by atoms with Gasteiger partial charge in [-0.1, -0.05) is 18.2 Å². The lowest BCUT2D eigenvalue weighted by Crippen LogP contribution is -2.52. The Morgan fingerprint density at radius 1 is 0.882 bits per heavy atom. The molecular formula is C24H27F3N4O3. The molecule has 2 fully saturated rings. The summed E-state index contributed by atoms with van der Waals surface area (Å²) in [5.74, 6) is -0.132. The highest BCUT2D eigenvalue weighted by Crippen LogP contribution is 2.32. The molecule has 0 atom stereocenters. The number of alkyl halides is 3. The van der Waals surface area contributed by atoms with E-state index >= 15 is 0 Å². The summed E-state index contributed by atoms with van der Waals surface area (Å²) in [5.41, 5.74) is 0.320. The molecule has 2 heterocycles. The van der Waals surface area contributed by atoms with Gasteiger partial charge in [0.05, 0.1) is 36.6 Å². The average Bonchev–Trinajstić information content (AvgIpc) is 2.85. The van der Waals surface area contributed by atoms with Gasteiger partial charge in [-0.3, -0.25) is 14.5 Å². The van der Waals surface area contributed by atoms with E-state index in [0.29, 0.717) is 70.3 Å². The molecular weight excluding hydrogens is 449 g/mol. The fourth-order valence-corrected chi connectivity index (χ4v) is 4.09. The minimum Gasteiger partial charge on any atom is -0.378 e. The number of anilines is 2. The van der Waals surface area contributed by atoms with Crippen LogP contribution in [0.1, 0.15) is 15.9 Å². The number of nitrogens with one attached hydrogen (secondary N) is 1. The number of hydrogen-bond acceptors (Lipinski definition) is 5. The average molecular weight is 476 g/mol. The summed E-state index contributed by atoms with van der Waals surface area (Å²) in [5, 5.41) is 2.96. The number of halogens is 3. The van der Waals surface area contributed by atoms with Crippen molar-refractivity contribution in [3.8, 4) is 0 Å². The van der Waals surface area contributed by atoms with Gasteiger partial charge in [0.2, 0.25) is 5.91 Å². The smallest absolute Gasteiger partial charge is 0.378 e. The van der Waals surface area contributed by atoms with E-state index in [1.165, 1.54) is 12.1 Å². The zero-order valence-electron chi connectivity index (χ0n) is 18.7. The molecule has 2 aliphatic heterocycles. The molecule has 2 aliphatic rings. The lowest BCUT2D eigenvalue weighted by molar-refractivity contribution is -0.138. The molecule has 0 saturated carbocycles. The summed E-state index contributed by atoms with van der Waals surface area (Å²) < 4.78 is 44.4. The number of carbonyl (C=O) groups is 2. The van der Waals surface area contributed by atoms with Crippen LogP contribution in [0.4, 0.5) is 24.5 Å². The first-order valence-electron chi connectivity index (χ1n) is 11.2. The van der Waals surface area contributed by atoms with Crippen molar-refractivity contribution in [2.45, 2.75) is 6.18 Å². The van der Waals surface area contributed by atoms with E-state index in [-0.39, 0.29) is 17.5 Å². The van der Waals surface area contributed by atoms with Gasteiger partial charge in [0.25, 0.3) is 5.91 Å². The summed E-state index contributed by atoms with van der Waals surface area (Å²) in [4.78, 5) is 31.2. The third kappa shape index (κ3) is 5.87. The third-order valence-electron chi connectivity index (χ3n) is 6.01. The molecule has 4 rings (SSSR count). The highest BCUT2D eigenvalue weighted by Gasteiger charge is 2.31. The van der Waals surface area contributed by atoms with Crippen molar-refractivity contribution in [2.24, 2.45) is 0 Å². The van der Waals surface area contributed by atoms with E-state index < -0.39 is 11.7 Å². The lowest BCUT2D eigenvalue weighted by Gasteiger charge is -2.36. The van der Waals surface area contributed by atoms with E-state index in [0.717, 1.165) is 12.1 Å². The predicted octanol–water partition coefficient (Wildman–Crippen LogP) is 3.07. The first-order valence-corrected chi connectivity index (χ1v) is 11.2. The number of nitrogens with zero attached hydrogens (tertiary/aromatic N) is 3. The van der Waals surface area contributed by atoms with E-state index in [4.69, 9.17) is 4.74 Å². The van der Waals surface area contributed by atoms with Crippen molar-refractivity contribution < 1.29 is 27.5 Å². The van der Waals surface area contributed by atoms with Crippen LogP contribution < -0.4 is 5.32 Å². The number of rotatable bonds is 5. The predicted molar refractivity (Wildman–Crippen MR) is 121 cm³/mol. The standard InChI is InChI=1S/C24H27F3N4O3/c25-24(26,27)18-4-3-5-19(16-18)28-21-7-2-1-6-20(21)23(33)31-10-8-29(9-11-31)17-22(32)30-12-14-34-15-13-30/h1-7,16,28H,8-15,17H2. The van der Waals surface area contributed by atoms with Crippen molar-refractivity contribution in [2.75, 3.05) is 64.3 Å². The molecule has 2 aromatic rings. The van der Waals surface area contributed by atoms with Crippen LogP contribution in [0, 0.1) is 0 Å². The molecule has 2 saturated heterocycles. The summed E-state index contributed by atoms with van der Waals surface area (Å²) in [6.07, 6.45) is -4.45. The number of amides is 2. The topological polar surface area (TPSA) is 65.1 Å². The van der Waals surface area contributed by atoms with Crippen LogP contribution in [0.15, 0.2) is 48.5 Å². The molecule has 0 unspecified atom stereocenters. The van der Waals surface area contributed by atoms with Gasteiger partial charge in [0.1, 0.15) is 0 Å². The first kappa shape index (κ1) is 24.0. The first-order chi connectivity index (χ1) is 16.3. The number of carbonyl (C=O) groups excluding carboxylic acids is 2. The zero-order valence-corrected chi connectivity index (χ0v) is 18.7. The summed E-state index contributed by atoms with van der Waals surface area (Å²) in [6.45, 7) is 4.72. The Labute approximate surface area is 196 Å². The maximum Gasteiger partial charge on any atom is 0.416 e. The van der Waals surface area contributed by atoms with E-state index in [1.807, 2.05) is 4.90 Å². The lowest BCUT2D eigenvalue weighted by atomic mass is 10.1. The minimum absolute atomic E-state index is 0.0682. The molecule has 0 spiro atoms. The number of ether oxygens (including phenoxy) is 1. The Morgan fingerprint density at radius 2 is 1.59 bits per heavy atom. The van der Waals surface area contributed by atoms with E-state index in [1.54, 1.807) is 34.1 Å². The monoisotopic (exact) mass is 476 g/mol. The van der Waals surface area contributed by atoms with Gasteiger partial charge in [-0.25, -0.2) is 0 Å². The number of piperazine rings is 1. The van der Waals surface area contributed by atoms with Crippen molar-refractivity contribution in [1.29, 1.82) is 0 Å². The quantitative estimate of drug-likeness (QED) is 0.719. The summed E-state index contributed by atoms with van der Waals surface area (Å²) >= 11 is 0. The molecule has 0 bridgehead atoms. The molecule has 2 aromatic carbocycles. The third-order valence-corrected chi connectivity index (χ3v) is 6.01. The molecule has 182 valence electrons. The van der Waals surface area contributed by atoms with Crippen LogP contribution in [0.2, 0.25) is 0 Å². The second-order valence-corrected chi connectivity index (χ2v) is 8.31. The second-order valence-electron chi connectivity index (χ2n) is 8.31. The van der Waals surface area contributed by atoms with Gasteiger partial charge in [-0.2, -0.15) is 13.2 Å². The second kappa shape index (κ2) is 10.4. The number of morpholine rings is 1. The number of benzene rings is 2. The normalized spacial score (nSPS) is 17.5. The Bertz CT molecular complexity index is 1020. The van der Waals surface area contributed by atoms with E-state index in [9.17, 15) is 22.8 Å². The Morgan fingerprint density at radius 3 is 2.29 bits per heavy atom. The Balaban J connectivity index is 1.37. The highest BCUT2D eigenvalue weighted by atomic mass is 19.4. The fraction of sp³-hybridized carbons (Fsp3) is 0.417. The largest absolute Gasteiger partial charge is 0.416 e. The van der Waals surface area contributed by atoms with Crippen molar-refractivity contribution in [3.63, 3.8) is 0 Å². The highest BCUT2D eigenvalue weighted by molar-refractivity contribution is 6.00. The maximum atomic E-state index is 13.2. The molecule has 7 nitrogen and oxygen atoms in total. The van der Waals surface area contributed by atoms with E-state index in [2.05, 4.69) is 5.32 Å². The van der Waals surface area contributed by atoms with Crippen LogP contribution in [-0.4, -0.2) is 85.5 Å². The van der Waals surface area contributed by atoms with Crippen LogP contribution in [0.25, 0.3) is 0 Å². The van der Waals surface area contributed by atoms with Gasteiger partial charge < -0.3 is 19.9 Å². The SMILES string of the molecule is O=C(CN1CCN(C(=O)c2ccccc2Nc2cccc(C(F)(F)F)c2)CC1)N1CCOCC1. The minimum atomic E-state index is -4.45. The van der Waals surface area contributed by atoms with Crippen LogP contribution in [0.3, 0.4) is 0 Å². The van der Waals surface area contributed by atoms with Crippen LogP contribution >= 0.6 is 0 Å². The zero-order chi connectivity index (χ0) is 24.1. The number of hydrogen-bond donors (Lipinski definition) is 1. The summed E-state index contributed by atoms with van der Waals surface area (Å²) in [6, 6.07) is 11.7. The van der Waals surface area contributed by atoms with Crippen molar-refractivity contribution >= 4 is 23.2 Å². The molecule has 34 heavy (non-hydrogen) atoms. The van der Waals surface area contributed by atoms with Crippen molar-refractivity contribution in [3.05, 3.63) is 59.7 Å². The molecule has 1 N–H and O–H groups in total. The van der Waals surface area contributed by atoms with Gasteiger partial charge in [-0.05, 0) is 30.3 Å².